The van der Waals surface area contributed by atoms with Crippen molar-refractivity contribution in [1.29, 1.82) is 0 Å². The largest absolute Gasteiger partial charge is 0.351 e. The molecule has 7 heteroatoms. The Morgan fingerprint density at radius 1 is 1.50 bits per heavy atom. The predicted molar refractivity (Wildman–Crippen MR) is 68.5 cm³/mol. The fraction of sp³-hybridized carbons (Fsp3) is 0.273. The summed E-state index contributed by atoms with van der Waals surface area (Å²) in [5, 5.41) is 7.19. The van der Waals surface area contributed by atoms with Crippen molar-refractivity contribution in [2.24, 2.45) is 0 Å². The number of hydrogen-bond acceptors (Lipinski definition) is 5. The first-order valence-corrected chi connectivity index (χ1v) is 5.68. The van der Waals surface area contributed by atoms with E-state index in [4.69, 9.17) is 18.0 Å². The lowest BCUT2D eigenvalue weighted by atomic mass is 10.2. The van der Waals surface area contributed by atoms with Crippen LogP contribution in [0.1, 0.15) is 13.3 Å². The molecule has 6 nitrogen and oxygen atoms in total. The highest BCUT2D eigenvalue weighted by Crippen LogP contribution is 2.10. The Labute approximate surface area is 109 Å². The second-order valence-electron chi connectivity index (χ2n) is 3.63. The van der Waals surface area contributed by atoms with Gasteiger partial charge in [0.1, 0.15) is 0 Å². The SMILES string of the molecule is C#CCC(C)Nc1nc(Cl)nc(-n2cccn2)n1. The maximum Gasteiger partial charge on any atom is 0.256 e. The van der Waals surface area contributed by atoms with Crippen LogP contribution in [0, 0.1) is 12.3 Å². The highest BCUT2D eigenvalue weighted by Gasteiger charge is 2.09. The third-order valence-electron chi connectivity index (χ3n) is 2.11. The number of hydrogen-bond donors (Lipinski definition) is 1. The molecular formula is C11H11ClN6. The second-order valence-corrected chi connectivity index (χ2v) is 3.97. The summed E-state index contributed by atoms with van der Waals surface area (Å²) in [4.78, 5) is 12.2. The van der Waals surface area contributed by atoms with E-state index in [-0.39, 0.29) is 11.3 Å². The van der Waals surface area contributed by atoms with Crippen molar-refractivity contribution in [2.75, 3.05) is 5.32 Å². The molecule has 0 aliphatic carbocycles. The highest BCUT2D eigenvalue weighted by atomic mass is 35.5. The topological polar surface area (TPSA) is 68.5 Å². The van der Waals surface area contributed by atoms with Gasteiger partial charge in [0.25, 0.3) is 5.95 Å². The monoisotopic (exact) mass is 262 g/mol. The van der Waals surface area contributed by atoms with Gasteiger partial charge in [-0.2, -0.15) is 20.1 Å². The van der Waals surface area contributed by atoms with E-state index in [1.54, 1.807) is 18.5 Å². The zero-order valence-electron chi connectivity index (χ0n) is 9.71. The van der Waals surface area contributed by atoms with Crippen molar-refractivity contribution in [3.05, 3.63) is 23.7 Å². The summed E-state index contributed by atoms with van der Waals surface area (Å²) in [7, 11) is 0. The van der Waals surface area contributed by atoms with Crippen LogP contribution in [-0.4, -0.2) is 30.8 Å². The average Bonchev–Trinajstić information content (AvgIpc) is 2.81. The van der Waals surface area contributed by atoms with Gasteiger partial charge in [-0.05, 0) is 24.6 Å². The van der Waals surface area contributed by atoms with Crippen LogP contribution in [-0.2, 0) is 0 Å². The van der Waals surface area contributed by atoms with Crippen LogP contribution >= 0.6 is 11.6 Å². The van der Waals surface area contributed by atoms with Gasteiger partial charge < -0.3 is 5.32 Å². The third kappa shape index (κ3) is 2.96. The summed E-state index contributed by atoms with van der Waals surface area (Å²) < 4.78 is 1.50. The van der Waals surface area contributed by atoms with E-state index in [0.29, 0.717) is 18.3 Å². The van der Waals surface area contributed by atoms with Crippen LogP contribution in [0.2, 0.25) is 5.28 Å². The van der Waals surface area contributed by atoms with Crippen molar-refractivity contribution in [3.8, 4) is 18.3 Å². The summed E-state index contributed by atoms with van der Waals surface area (Å²) in [6, 6.07) is 1.82. The first kappa shape index (κ1) is 12.3. The zero-order valence-corrected chi connectivity index (χ0v) is 10.5. The number of halogens is 1. The van der Waals surface area contributed by atoms with Crippen molar-refractivity contribution in [2.45, 2.75) is 19.4 Å². The Morgan fingerprint density at radius 2 is 2.33 bits per heavy atom. The van der Waals surface area contributed by atoms with Gasteiger partial charge in [-0.15, -0.1) is 12.3 Å². The van der Waals surface area contributed by atoms with Gasteiger partial charge in [0.15, 0.2) is 0 Å². The van der Waals surface area contributed by atoms with Crippen molar-refractivity contribution < 1.29 is 0 Å². The highest BCUT2D eigenvalue weighted by molar-refractivity contribution is 6.28. The minimum atomic E-state index is 0.0546. The van der Waals surface area contributed by atoms with Gasteiger partial charge in [0, 0.05) is 24.9 Å². The predicted octanol–water partition coefficient (Wildman–Crippen LogP) is 1.53. The molecule has 2 aromatic heterocycles. The van der Waals surface area contributed by atoms with Gasteiger partial charge >= 0.3 is 0 Å². The summed E-state index contributed by atoms with van der Waals surface area (Å²) in [5.41, 5.74) is 0. The Bertz CT molecular complexity index is 559. The molecule has 0 aromatic carbocycles. The van der Waals surface area contributed by atoms with E-state index < -0.39 is 0 Å². The molecule has 92 valence electrons. The Kier molecular flexibility index (Phi) is 3.75. The number of anilines is 1. The molecule has 1 N–H and O–H groups in total. The Balaban J connectivity index is 2.25. The lowest BCUT2D eigenvalue weighted by molar-refractivity contribution is 0.772. The van der Waals surface area contributed by atoms with Gasteiger partial charge in [0.2, 0.25) is 11.2 Å². The minimum Gasteiger partial charge on any atom is -0.351 e. The molecule has 0 spiro atoms. The van der Waals surface area contributed by atoms with Gasteiger partial charge in [-0.25, -0.2) is 4.68 Å². The maximum absolute atomic E-state index is 5.84. The first-order chi connectivity index (χ1) is 8.69. The molecule has 0 amide bonds. The second kappa shape index (κ2) is 5.47. The molecule has 1 unspecified atom stereocenters. The molecule has 2 heterocycles. The average molecular weight is 263 g/mol. The standard InChI is InChI=1S/C11H11ClN6/c1-3-5-8(2)14-10-15-9(12)16-11(17-10)18-7-4-6-13-18/h1,4,6-8H,5H2,2H3,(H,14,15,16,17). The molecule has 0 aliphatic heterocycles. The van der Waals surface area contributed by atoms with Crippen molar-refractivity contribution in [1.82, 2.24) is 24.7 Å². The number of terminal acetylenes is 1. The third-order valence-corrected chi connectivity index (χ3v) is 2.27. The van der Waals surface area contributed by atoms with Crippen LogP contribution in [0.5, 0.6) is 0 Å². The summed E-state index contributed by atoms with van der Waals surface area (Å²) >= 11 is 5.84. The number of aromatic nitrogens is 5. The quantitative estimate of drug-likeness (QED) is 0.847. The number of nitrogens with zero attached hydrogens (tertiary/aromatic N) is 5. The van der Waals surface area contributed by atoms with Crippen LogP contribution in [0.3, 0.4) is 0 Å². The smallest absolute Gasteiger partial charge is 0.256 e. The number of rotatable bonds is 4. The van der Waals surface area contributed by atoms with Crippen LogP contribution < -0.4 is 5.32 Å². The fourth-order valence-electron chi connectivity index (χ4n) is 1.34. The molecule has 0 saturated heterocycles. The van der Waals surface area contributed by atoms with Crippen LogP contribution in [0.25, 0.3) is 5.95 Å². The summed E-state index contributed by atoms with van der Waals surface area (Å²) in [5.74, 6) is 3.30. The Morgan fingerprint density at radius 3 is 3.00 bits per heavy atom. The summed E-state index contributed by atoms with van der Waals surface area (Å²) in [6.07, 6.45) is 9.16. The van der Waals surface area contributed by atoms with Gasteiger partial charge in [-0.1, -0.05) is 0 Å². The molecule has 0 radical (unpaired) electrons. The first-order valence-electron chi connectivity index (χ1n) is 5.30. The molecule has 1 atom stereocenters. The molecular weight excluding hydrogens is 252 g/mol. The molecule has 0 saturated carbocycles. The molecule has 2 aromatic rings. The molecule has 18 heavy (non-hydrogen) atoms. The lowest BCUT2D eigenvalue weighted by Crippen LogP contribution is -2.17. The normalized spacial score (nSPS) is 11.8. The van der Waals surface area contributed by atoms with E-state index in [0.717, 1.165) is 0 Å². The lowest BCUT2D eigenvalue weighted by Gasteiger charge is -2.11. The van der Waals surface area contributed by atoms with E-state index in [1.165, 1.54) is 4.68 Å². The minimum absolute atomic E-state index is 0.0546. The van der Waals surface area contributed by atoms with E-state index in [9.17, 15) is 0 Å². The molecule has 0 bridgehead atoms. The molecule has 2 rings (SSSR count). The Hall–Kier alpha value is -2.13. The van der Waals surface area contributed by atoms with Gasteiger partial charge in [-0.3, -0.25) is 0 Å². The van der Waals surface area contributed by atoms with Crippen molar-refractivity contribution >= 4 is 17.5 Å². The number of nitrogens with one attached hydrogen (secondary N) is 1. The zero-order chi connectivity index (χ0) is 13.0. The molecule has 0 aliphatic rings. The van der Waals surface area contributed by atoms with Crippen LogP contribution in [0.15, 0.2) is 18.5 Å². The van der Waals surface area contributed by atoms with Crippen molar-refractivity contribution in [3.63, 3.8) is 0 Å². The van der Waals surface area contributed by atoms with E-state index in [1.807, 2.05) is 6.92 Å². The van der Waals surface area contributed by atoms with E-state index >= 15 is 0 Å². The van der Waals surface area contributed by atoms with Gasteiger partial charge in [0.05, 0.1) is 0 Å². The fourth-order valence-corrected chi connectivity index (χ4v) is 1.50. The maximum atomic E-state index is 5.84. The van der Waals surface area contributed by atoms with E-state index in [2.05, 4.69) is 31.3 Å². The van der Waals surface area contributed by atoms with Crippen LogP contribution in [0.4, 0.5) is 5.95 Å². The molecule has 0 fully saturated rings. The summed E-state index contributed by atoms with van der Waals surface area (Å²) in [6.45, 7) is 1.94.